The summed E-state index contributed by atoms with van der Waals surface area (Å²) in [5, 5.41) is 0. The van der Waals surface area contributed by atoms with Crippen molar-refractivity contribution in [2.24, 2.45) is 5.41 Å². The van der Waals surface area contributed by atoms with Crippen LogP contribution in [0, 0.1) is 17.3 Å². The van der Waals surface area contributed by atoms with E-state index in [0.717, 1.165) is 16.7 Å². The molecule has 0 amide bonds. The third-order valence-electron chi connectivity index (χ3n) is 7.10. The van der Waals surface area contributed by atoms with Crippen molar-refractivity contribution in [1.29, 1.82) is 0 Å². The molecule has 1 aliphatic heterocycles. The summed E-state index contributed by atoms with van der Waals surface area (Å²) in [4.78, 5) is 14.5. The highest BCUT2D eigenvalue weighted by Crippen LogP contribution is 2.55. The van der Waals surface area contributed by atoms with Crippen LogP contribution in [0.4, 0.5) is 0 Å². The standard InChI is InChI=1S/C34H30O5/c1-36-28-17-14-26(15-18-28)32(35)34(21-20-24-10-6-4-7-11-24)23-31(25-12-8-5-9-13-25)39-33(34)27-16-19-29(37-2)30(22-27)38-3/h4-19,22,31,33H,23H2,1-3H3/t31-,33+,34+/m1/s1. The van der Waals surface area contributed by atoms with Crippen LogP contribution in [0.1, 0.15) is 45.7 Å². The van der Waals surface area contributed by atoms with Gasteiger partial charge in [0.2, 0.25) is 0 Å². The smallest absolute Gasteiger partial charge is 0.184 e. The van der Waals surface area contributed by atoms with Crippen LogP contribution in [0.5, 0.6) is 17.2 Å². The van der Waals surface area contributed by atoms with Gasteiger partial charge in [-0.05, 0) is 59.7 Å². The Morgan fingerprint density at radius 3 is 2.08 bits per heavy atom. The first kappa shape index (κ1) is 26.1. The molecule has 196 valence electrons. The number of rotatable bonds is 7. The highest BCUT2D eigenvalue weighted by molar-refractivity contribution is 6.03. The van der Waals surface area contributed by atoms with E-state index >= 15 is 0 Å². The molecule has 0 bridgehead atoms. The van der Waals surface area contributed by atoms with Gasteiger partial charge < -0.3 is 18.9 Å². The number of benzene rings is 4. The fourth-order valence-electron chi connectivity index (χ4n) is 5.06. The zero-order valence-electron chi connectivity index (χ0n) is 22.2. The molecule has 1 aliphatic rings. The second-order valence-electron chi connectivity index (χ2n) is 9.38. The van der Waals surface area contributed by atoms with Crippen molar-refractivity contribution < 1.29 is 23.7 Å². The first-order chi connectivity index (χ1) is 19.1. The summed E-state index contributed by atoms with van der Waals surface area (Å²) in [5.74, 6) is 8.45. The van der Waals surface area contributed by atoms with Crippen LogP contribution >= 0.6 is 0 Å². The third-order valence-corrected chi connectivity index (χ3v) is 7.10. The molecule has 5 heteroatoms. The van der Waals surface area contributed by atoms with Gasteiger partial charge in [-0.3, -0.25) is 4.79 Å². The van der Waals surface area contributed by atoms with Crippen LogP contribution < -0.4 is 14.2 Å². The van der Waals surface area contributed by atoms with Gasteiger partial charge in [0.15, 0.2) is 17.3 Å². The lowest BCUT2D eigenvalue weighted by Gasteiger charge is -2.28. The molecule has 4 aromatic carbocycles. The summed E-state index contributed by atoms with van der Waals surface area (Å²) in [6.45, 7) is 0. The predicted molar refractivity (Wildman–Crippen MR) is 150 cm³/mol. The van der Waals surface area contributed by atoms with Gasteiger partial charge in [0.1, 0.15) is 17.3 Å². The van der Waals surface area contributed by atoms with Gasteiger partial charge in [-0.25, -0.2) is 0 Å². The molecule has 0 spiro atoms. The van der Waals surface area contributed by atoms with Crippen molar-refractivity contribution in [3.05, 3.63) is 125 Å². The van der Waals surface area contributed by atoms with Crippen molar-refractivity contribution in [2.75, 3.05) is 21.3 Å². The Morgan fingerprint density at radius 2 is 1.44 bits per heavy atom. The number of Topliss-reactive ketones (excluding diaryl/α,β-unsaturated/α-hetero) is 1. The Balaban J connectivity index is 1.70. The molecular weight excluding hydrogens is 488 g/mol. The number of ether oxygens (including phenoxy) is 4. The molecule has 0 aromatic heterocycles. The first-order valence-electron chi connectivity index (χ1n) is 12.8. The summed E-state index contributed by atoms with van der Waals surface area (Å²) in [5.41, 5.74) is 1.98. The van der Waals surface area contributed by atoms with Crippen molar-refractivity contribution in [2.45, 2.75) is 18.6 Å². The van der Waals surface area contributed by atoms with E-state index in [4.69, 9.17) is 18.9 Å². The molecular formula is C34H30O5. The molecule has 0 saturated carbocycles. The molecule has 1 heterocycles. The number of methoxy groups -OCH3 is 3. The Kier molecular flexibility index (Phi) is 7.67. The second kappa shape index (κ2) is 11.5. The highest BCUT2D eigenvalue weighted by Gasteiger charge is 2.54. The Bertz CT molecular complexity index is 1490. The van der Waals surface area contributed by atoms with Gasteiger partial charge in [-0.15, -0.1) is 0 Å². The average molecular weight is 519 g/mol. The van der Waals surface area contributed by atoms with E-state index in [-0.39, 0.29) is 11.9 Å². The second-order valence-corrected chi connectivity index (χ2v) is 9.38. The van der Waals surface area contributed by atoms with Crippen LogP contribution in [0.3, 0.4) is 0 Å². The summed E-state index contributed by atoms with van der Waals surface area (Å²) >= 11 is 0. The summed E-state index contributed by atoms with van der Waals surface area (Å²) < 4.78 is 23.2. The molecule has 1 saturated heterocycles. The van der Waals surface area contributed by atoms with E-state index < -0.39 is 11.5 Å². The summed E-state index contributed by atoms with van der Waals surface area (Å²) in [6, 6.07) is 32.4. The van der Waals surface area contributed by atoms with Crippen LogP contribution in [0.15, 0.2) is 103 Å². The van der Waals surface area contributed by atoms with E-state index in [1.807, 2.05) is 78.9 Å². The molecule has 0 unspecified atom stereocenters. The topological polar surface area (TPSA) is 54.0 Å². The maximum atomic E-state index is 14.5. The van der Waals surface area contributed by atoms with Crippen molar-refractivity contribution in [1.82, 2.24) is 0 Å². The largest absolute Gasteiger partial charge is 0.497 e. The van der Waals surface area contributed by atoms with Gasteiger partial charge >= 0.3 is 0 Å². The minimum Gasteiger partial charge on any atom is -0.497 e. The van der Waals surface area contributed by atoms with E-state index in [1.54, 1.807) is 45.6 Å². The number of carbonyl (C=O) groups is 1. The fourth-order valence-corrected chi connectivity index (χ4v) is 5.06. The van der Waals surface area contributed by atoms with E-state index in [9.17, 15) is 4.79 Å². The van der Waals surface area contributed by atoms with Gasteiger partial charge in [0.25, 0.3) is 0 Å². The minimum absolute atomic E-state index is 0.105. The molecule has 39 heavy (non-hydrogen) atoms. The SMILES string of the molecule is COc1ccc(C(=O)[C@]2(C#Cc3ccccc3)C[C@H](c3ccccc3)O[C@H]2c2ccc(OC)c(OC)c2)cc1. The van der Waals surface area contributed by atoms with Crippen molar-refractivity contribution >= 4 is 5.78 Å². The highest BCUT2D eigenvalue weighted by atomic mass is 16.5. The molecule has 5 rings (SSSR count). The van der Waals surface area contributed by atoms with Gasteiger partial charge in [0, 0.05) is 17.5 Å². The average Bonchev–Trinajstić information content (AvgIpc) is 3.41. The zero-order valence-corrected chi connectivity index (χ0v) is 22.2. The summed E-state index contributed by atoms with van der Waals surface area (Å²) in [6.07, 6.45) is -0.606. The molecule has 4 aromatic rings. The van der Waals surface area contributed by atoms with Crippen molar-refractivity contribution in [3.8, 4) is 29.1 Å². The maximum Gasteiger partial charge on any atom is 0.184 e. The zero-order chi connectivity index (χ0) is 27.2. The number of hydrogen-bond acceptors (Lipinski definition) is 5. The lowest BCUT2D eigenvalue weighted by atomic mass is 9.71. The molecule has 0 radical (unpaired) electrons. The number of ketones is 1. The molecule has 0 N–H and O–H groups in total. The summed E-state index contributed by atoms with van der Waals surface area (Å²) in [7, 11) is 4.79. The molecule has 0 aliphatic carbocycles. The van der Waals surface area contributed by atoms with Crippen LogP contribution in [-0.2, 0) is 4.74 Å². The van der Waals surface area contributed by atoms with Crippen molar-refractivity contribution in [3.63, 3.8) is 0 Å². The number of carbonyl (C=O) groups excluding carboxylic acids is 1. The molecule has 5 nitrogen and oxygen atoms in total. The minimum atomic E-state index is -1.18. The van der Waals surface area contributed by atoms with Crippen LogP contribution in [0.2, 0.25) is 0 Å². The predicted octanol–water partition coefficient (Wildman–Crippen LogP) is 6.84. The molecule has 3 atom stereocenters. The number of hydrogen-bond donors (Lipinski definition) is 0. The Hall–Kier alpha value is -4.53. The van der Waals surface area contributed by atoms with E-state index in [0.29, 0.717) is 29.2 Å². The van der Waals surface area contributed by atoms with Crippen LogP contribution in [0.25, 0.3) is 0 Å². The van der Waals surface area contributed by atoms with E-state index in [1.165, 1.54) is 0 Å². The molecule has 1 fully saturated rings. The van der Waals surface area contributed by atoms with E-state index in [2.05, 4.69) is 11.8 Å². The monoisotopic (exact) mass is 518 g/mol. The Labute approximate surface area is 229 Å². The maximum absolute atomic E-state index is 14.5. The first-order valence-corrected chi connectivity index (χ1v) is 12.8. The van der Waals surface area contributed by atoms with Gasteiger partial charge in [0.05, 0.1) is 27.4 Å². The van der Waals surface area contributed by atoms with Gasteiger partial charge in [-0.2, -0.15) is 0 Å². The third kappa shape index (κ3) is 5.25. The quantitative estimate of drug-likeness (QED) is 0.198. The Morgan fingerprint density at radius 1 is 0.769 bits per heavy atom. The van der Waals surface area contributed by atoms with Gasteiger partial charge in [-0.1, -0.05) is 66.4 Å². The lowest BCUT2D eigenvalue weighted by molar-refractivity contribution is 0.0222. The van der Waals surface area contributed by atoms with Crippen LogP contribution in [-0.4, -0.2) is 27.1 Å². The normalized spacial score (nSPS) is 20.0. The lowest BCUT2D eigenvalue weighted by Crippen LogP contribution is -2.33. The fraction of sp³-hybridized carbons (Fsp3) is 0.206.